The number of hydrogen-bond donors (Lipinski definition) is 2. The minimum Gasteiger partial charge on any atom is -0.294 e. The summed E-state index contributed by atoms with van der Waals surface area (Å²) in [4.78, 5) is 18.3. The van der Waals surface area contributed by atoms with Crippen LogP contribution >= 0.6 is 11.3 Å². The number of nitrogen functional groups attached to an aromatic ring is 1. The molecule has 2 heterocycles. The van der Waals surface area contributed by atoms with E-state index >= 15 is 0 Å². The zero-order valence-electron chi connectivity index (χ0n) is 11.0. The van der Waals surface area contributed by atoms with Crippen molar-refractivity contribution in [2.24, 2.45) is 11.8 Å². The molecule has 0 bridgehead atoms. The first kappa shape index (κ1) is 13.0. The predicted octanol–water partition coefficient (Wildman–Crippen LogP) is 1.51. The van der Waals surface area contributed by atoms with Crippen molar-refractivity contribution in [2.75, 3.05) is 6.54 Å². The molecule has 3 N–H and O–H groups in total. The van der Waals surface area contributed by atoms with Crippen LogP contribution in [0.15, 0.2) is 5.38 Å². The fraction of sp³-hybridized carbons (Fsp3) is 0.692. The van der Waals surface area contributed by atoms with E-state index in [2.05, 4.69) is 15.3 Å². The van der Waals surface area contributed by atoms with Gasteiger partial charge in [0.05, 0.1) is 5.69 Å². The first-order valence-electron chi connectivity index (χ1n) is 6.97. The lowest BCUT2D eigenvalue weighted by Crippen LogP contribution is -2.41. The van der Waals surface area contributed by atoms with Crippen molar-refractivity contribution >= 4 is 17.2 Å². The maximum absolute atomic E-state index is 11.4. The number of rotatable bonds is 3. The van der Waals surface area contributed by atoms with Crippen LogP contribution in [0.3, 0.4) is 0 Å². The second kappa shape index (κ2) is 5.56. The number of hydrazine groups is 1. The van der Waals surface area contributed by atoms with Crippen LogP contribution in [0, 0.1) is 5.92 Å². The molecule has 0 aromatic carbocycles. The molecule has 1 aliphatic heterocycles. The van der Waals surface area contributed by atoms with Gasteiger partial charge in [-0.3, -0.25) is 15.1 Å². The van der Waals surface area contributed by atoms with Gasteiger partial charge < -0.3 is 0 Å². The topological polar surface area (TPSA) is 71.2 Å². The Labute approximate surface area is 117 Å². The highest BCUT2D eigenvalue weighted by molar-refractivity contribution is 7.11. The van der Waals surface area contributed by atoms with E-state index < -0.39 is 0 Å². The van der Waals surface area contributed by atoms with Gasteiger partial charge in [0.25, 0.3) is 5.91 Å². The van der Waals surface area contributed by atoms with Crippen molar-refractivity contribution < 1.29 is 4.79 Å². The van der Waals surface area contributed by atoms with Crippen LogP contribution < -0.4 is 11.3 Å². The summed E-state index contributed by atoms with van der Waals surface area (Å²) in [6.07, 6.45) is 6.76. The maximum atomic E-state index is 11.4. The number of nitrogens with two attached hydrogens (primary N) is 1. The number of fused-ring (bicyclic) bond motifs is 1. The lowest BCUT2D eigenvalue weighted by molar-refractivity contribution is 0.0950. The van der Waals surface area contributed by atoms with Gasteiger partial charge in [-0.15, -0.1) is 11.3 Å². The monoisotopic (exact) mass is 280 g/mol. The zero-order valence-corrected chi connectivity index (χ0v) is 11.8. The van der Waals surface area contributed by atoms with Gasteiger partial charge in [-0.1, -0.05) is 6.42 Å². The highest BCUT2D eigenvalue weighted by Gasteiger charge is 2.34. The summed E-state index contributed by atoms with van der Waals surface area (Å²) in [7, 11) is 0. The van der Waals surface area contributed by atoms with E-state index in [1.807, 2.05) is 5.38 Å². The number of aromatic nitrogens is 1. The molecule has 104 valence electrons. The van der Waals surface area contributed by atoms with Crippen LogP contribution in [0.1, 0.15) is 47.6 Å². The Bertz CT molecular complexity index is 461. The van der Waals surface area contributed by atoms with Crippen LogP contribution in [0.25, 0.3) is 0 Å². The Balaban J connectivity index is 1.67. The highest BCUT2D eigenvalue weighted by atomic mass is 32.1. The van der Waals surface area contributed by atoms with Crippen molar-refractivity contribution in [2.45, 2.75) is 44.7 Å². The number of likely N-dealkylation sites (tertiary alicyclic amines) is 1. The molecule has 1 saturated heterocycles. The molecule has 1 aromatic heterocycles. The molecule has 6 heteroatoms. The molecule has 5 nitrogen and oxygen atoms in total. The maximum Gasteiger partial charge on any atom is 0.294 e. The standard InChI is InChI=1S/C13H20N4OS/c14-16-12(18)13-15-10(8-19-13)7-17-6-2-4-9-3-1-5-11(9)17/h8-9,11H,1-7,14H2,(H,16,18). The van der Waals surface area contributed by atoms with Crippen LogP contribution in [-0.2, 0) is 6.54 Å². The number of nitrogens with one attached hydrogen (secondary N) is 1. The second-order valence-corrected chi connectivity index (χ2v) is 6.35. The third-order valence-corrected chi connectivity index (χ3v) is 5.24. The minimum atomic E-state index is -0.298. The van der Waals surface area contributed by atoms with Crippen LogP contribution in [0.2, 0.25) is 0 Å². The molecular weight excluding hydrogens is 260 g/mol. The Morgan fingerprint density at radius 1 is 1.47 bits per heavy atom. The Morgan fingerprint density at radius 2 is 2.32 bits per heavy atom. The second-order valence-electron chi connectivity index (χ2n) is 5.49. The molecule has 2 atom stereocenters. The SMILES string of the molecule is NNC(=O)c1nc(CN2CCCC3CCCC32)cs1. The van der Waals surface area contributed by atoms with Gasteiger partial charge in [0, 0.05) is 18.0 Å². The van der Waals surface area contributed by atoms with Gasteiger partial charge in [-0.05, 0) is 38.1 Å². The average molecular weight is 280 g/mol. The summed E-state index contributed by atoms with van der Waals surface area (Å²) < 4.78 is 0. The van der Waals surface area contributed by atoms with Crippen molar-refractivity contribution in [1.29, 1.82) is 0 Å². The first-order valence-corrected chi connectivity index (χ1v) is 7.85. The smallest absolute Gasteiger partial charge is 0.294 e. The van der Waals surface area contributed by atoms with E-state index in [1.54, 1.807) is 0 Å². The number of piperidine rings is 1. The Hall–Kier alpha value is -0.980. The largest absolute Gasteiger partial charge is 0.294 e. The van der Waals surface area contributed by atoms with Gasteiger partial charge in [0.2, 0.25) is 0 Å². The Morgan fingerprint density at radius 3 is 3.16 bits per heavy atom. The van der Waals surface area contributed by atoms with Crippen molar-refractivity contribution in [1.82, 2.24) is 15.3 Å². The normalized spacial score (nSPS) is 27.2. The summed E-state index contributed by atoms with van der Waals surface area (Å²) in [5, 5.41) is 2.43. The molecular formula is C13H20N4OS. The molecule has 2 unspecified atom stereocenters. The van der Waals surface area contributed by atoms with E-state index in [0.29, 0.717) is 5.01 Å². The fourth-order valence-electron chi connectivity index (χ4n) is 3.51. The van der Waals surface area contributed by atoms with Gasteiger partial charge in [0.1, 0.15) is 0 Å². The predicted molar refractivity (Wildman–Crippen MR) is 74.5 cm³/mol. The first-order chi connectivity index (χ1) is 9.28. The van der Waals surface area contributed by atoms with Gasteiger partial charge >= 0.3 is 0 Å². The third-order valence-electron chi connectivity index (χ3n) is 4.35. The molecule has 1 aliphatic carbocycles. The molecule has 3 rings (SSSR count). The van der Waals surface area contributed by atoms with E-state index in [0.717, 1.165) is 30.7 Å². The number of carbonyl (C=O) groups excluding carboxylic acids is 1. The van der Waals surface area contributed by atoms with Gasteiger partial charge in [-0.25, -0.2) is 10.8 Å². The summed E-state index contributed by atoms with van der Waals surface area (Å²) in [5.41, 5.74) is 3.13. The average Bonchev–Trinajstić information content (AvgIpc) is 3.07. The third kappa shape index (κ3) is 2.66. The quantitative estimate of drug-likeness (QED) is 0.500. The fourth-order valence-corrected chi connectivity index (χ4v) is 4.22. The van der Waals surface area contributed by atoms with Crippen LogP contribution in [0.5, 0.6) is 0 Å². The Kier molecular flexibility index (Phi) is 3.81. The van der Waals surface area contributed by atoms with Crippen molar-refractivity contribution in [3.63, 3.8) is 0 Å². The van der Waals surface area contributed by atoms with Gasteiger partial charge in [-0.2, -0.15) is 0 Å². The summed E-state index contributed by atoms with van der Waals surface area (Å²) in [5.74, 6) is 5.71. The van der Waals surface area contributed by atoms with E-state index in [9.17, 15) is 4.79 Å². The molecule has 1 saturated carbocycles. The summed E-state index contributed by atoms with van der Waals surface area (Å²) in [6, 6.07) is 0.738. The van der Waals surface area contributed by atoms with E-state index in [4.69, 9.17) is 5.84 Å². The van der Waals surface area contributed by atoms with Crippen molar-refractivity contribution in [3.8, 4) is 0 Å². The summed E-state index contributed by atoms with van der Waals surface area (Å²) in [6.45, 7) is 2.03. The molecule has 2 fully saturated rings. The minimum absolute atomic E-state index is 0.298. The van der Waals surface area contributed by atoms with Crippen molar-refractivity contribution in [3.05, 3.63) is 16.1 Å². The molecule has 0 spiro atoms. The van der Waals surface area contributed by atoms with E-state index in [1.165, 1.54) is 43.4 Å². The number of nitrogens with zero attached hydrogens (tertiary/aromatic N) is 2. The molecule has 19 heavy (non-hydrogen) atoms. The number of thiazole rings is 1. The molecule has 0 radical (unpaired) electrons. The summed E-state index contributed by atoms with van der Waals surface area (Å²) >= 11 is 1.37. The zero-order chi connectivity index (χ0) is 13.2. The number of amides is 1. The number of hydrogen-bond acceptors (Lipinski definition) is 5. The highest BCUT2D eigenvalue weighted by Crippen LogP contribution is 2.37. The lowest BCUT2D eigenvalue weighted by atomic mass is 9.92. The van der Waals surface area contributed by atoms with Crippen LogP contribution in [0.4, 0.5) is 0 Å². The molecule has 2 aliphatic rings. The van der Waals surface area contributed by atoms with Crippen LogP contribution in [-0.4, -0.2) is 28.4 Å². The molecule has 1 amide bonds. The van der Waals surface area contributed by atoms with Gasteiger partial charge in [0.15, 0.2) is 5.01 Å². The lowest BCUT2D eigenvalue weighted by Gasteiger charge is -2.37. The number of carbonyl (C=O) groups is 1. The molecule has 1 aromatic rings. The van der Waals surface area contributed by atoms with E-state index in [-0.39, 0.29) is 5.91 Å².